The van der Waals surface area contributed by atoms with Gasteiger partial charge in [0.15, 0.2) is 5.82 Å². The second-order valence-electron chi connectivity index (χ2n) is 6.95. The summed E-state index contributed by atoms with van der Waals surface area (Å²) in [6.45, 7) is 2.67. The Morgan fingerprint density at radius 1 is 1.17 bits per heavy atom. The highest BCUT2D eigenvalue weighted by Crippen LogP contribution is 2.29. The van der Waals surface area contributed by atoms with E-state index in [0.29, 0.717) is 35.0 Å². The van der Waals surface area contributed by atoms with Crippen LogP contribution in [0.25, 0.3) is 10.9 Å². The molecule has 1 atom stereocenters. The van der Waals surface area contributed by atoms with Crippen molar-refractivity contribution in [1.82, 2.24) is 9.97 Å². The second kappa shape index (κ2) is 8.56. The first-order chi connectivity index (χ1) is 14.5. The normalized spacial score (nSPS) is 14.4. The third-order valence-electron chi connectivity index (χ3n) is 4.60. The second-order valence-corrected chi connectivity index (χ2v) is 6.95. The van der Waals surface area contributed by atoms with Gasteiger partial charge in [0.1, 0.15) is 35.9 Å². The monoisotopic (exact) mass is 408 g/mol. The van der Waals surface area contributed by atoms with Crippen LogP contribution < -0.4 is 10.1 Å². The minimum atomic E-state index is -1.14. The van der Waals surface area contributed by atoms with Gasteiger partial charge in [-0.25, -0.2) is 14.4 Å². The third kappa shape index (κ3) is 4.29. The van der Waals surface area contributed by atoms with Crippen LogP contribution in [0.1, 0.15) is 24.4 Å². The molecule has 2 heterocycles. The number of rotatable bonds is 6. The molecule has 0 aliphatic carbocycles. The zero-order chi connectivity index (χ0) is 21.1. The molecule has 30 heavy (non-hydrogen) atoms. The number of aliphatic imine (C=N–C) groups is 1. The number of hydrogen-bond acceptors (Lipinski definition) is 7. The summed E-state index contributed by atoms with van der Waals surface area (Å²) in [6.07, 6.45) is 0.795. The Bertz CT molecular complexity index is 1130. The number of aliphatic hydroxyl groups excluding tert-OH is 2. The van der Waals surface area contributed by atoms with Gasteiger partial charge in [-0.2, -0.15) is 0 Å². The van der Waals surface area contributed by atoms with Gasteiger partial charge < -0.3 is 20.3 Å². The summed E-state index contributed by atoms with van der Waals surface area (Å²) in [5.41, 5.74) is 2.16. The van der Waals surface area contributed by atoms with Crippen molar-refractivity contribution in [2.45, 2.75) is 13.0 Å². The van der Waals surface area contributed by atoms with Crippen molar-refractivity contribution in [1.29, 1.82) is 0 Å². The van der Waals surface area contributed by atoms with Crippen molar-refractivity contribution < 1.29 is 19.3 Å². The highest BCUT2D eigenvalue weighted by molar-refractivity contribution is 6.08. The van der Waals surface area contributed by atoms with Crippen LogP contribution in [-0.2, 0) is 0 Å². The number of fused-ring (bicyclic) bond motifs is 1. The molecule has 0 fully saturated rings. The molecule has 3 aromatic rings. The van der Waals surface area contributed by atoms with E-state index in [1.165, 1.54) is 24.3 Å². The van der Waals surface area contributed by atoms with E-state index in [0.717, 1.165) is 11.0 Å². The number of aliphatic hydroxyl groups is 2. The number of halogens is 1. The maximum atomic E-state index is 13.3. The molecule has 1 aromatic heterocycles. The maximum absolute atomic E-state index is 13.3. The molecule has 0 spiro atoms. The summed E-state index contributed by atoms with van der Waals surface area (Å²) in [7, 11) is 0. The first-order valence-electron chi connectivity index (χ1n) is 9.51. The lowest BCUT2D eigenvalue weighted by Gasteiger charge is -2.15. The highest BCUT2D eigenvalue weighted by Gasteiger charge is 2.18. The van der Waals surface area contributed by atoms with Crippen molar-refractivity contribution in [2.24, 2.45) is 4.99 Å². The molecule has 4 rings (SSSR count). The molecule has 0 bridgehead atoms. The zero-order valence-electron chi connectivity index (χ0n) is 16.3. The fourth-order valence-corrected chi connectivity index (χ4v) is 3.12. The number of hydrogen-bond donors (Lipinski definition) is 3. The lowest BCUT2D eigenvalue weighted by atomic mass is 10.1. The Labute approximate surface area is 172 Å². The molecule has 0 radical (unpaired) electrons. The lowest BCUT2D eigenvalue weighted by molar-refractivity contribution is 0.201. The predicted molar refractivity (Wildman–Crippen MR) is 112 cm³/mol. The molecule has 7 nitrogen and oxygen atoms in total. The van der Waals surface area contributed by atoms with Crippen LogP contribution in [0.4, 0.5) is 10.2 Å². The van der Waals surface area contributed by atoms with Gasteiger partial charge in [-0.1, -0.05) is 12.1 Å². The number of aromatic nitrogens is 2. The number of amidine groups is 1. The van der Waals surface area contributed by atoms with Crippen molar-refractivity contribution >= 4 is 22.6 Å². The van der Waals surface area contributed by atoms with E-state index in [9.17, 15) is 9.50 Å². The van der Waals surface area contributed by atoms with Crippen molar-refractivity contribution in [3.8, 4) is 5.75 Å². The molecule has 3 N–H and O–H groups in total. The molecular weight excluding hydrogens is 387 g/mol. The van der Waals surface area contributed by atoms with E-state index < -0.39 is 6.10 Å². The molecule has 1 unspecified atom stereocenters. The average Bonchev–Trinajstić information content (AvgIpc) is 3.16. The summed E-state index contributed by atoms with van der Waals surface area (Å²) in [5.74, 6) is 1.48. The van der Waals surface area contributed by atoms with Crippen molar-refractivity contribution in [2.75, 3.05) is 25.1 Å². The van der Waals surface area contributed by atoms with E-state index in [1.807, 2.05) is 19.1 Å². The summed E-state index contributed by atoms with van der Waals surface area (Å²) in [4.78, 5) is 13.4. The van der Waals surface area contributed by atoms with Gasteiger partial charge in [-0.3, -0.25) is 4.99 Å². The van der Waals surface area contributed by atoms with Gasteiger partial charge in [0.25, 0.3) is 0 Å². The minimum absolute atomic E-state index is 0.103. The van der Waals surface area contributed by atoms with Crippen LogP contribution in [0.5, 0.6) is 5.75 Å². The van der Waals surface area contributed by atoms with Crippen LogP contribution in [-0.4, -0.2) is 45.8 Å². The molecule has 1 aliphatic heterocycles. The summed E-state index contributed by atoms with van der Waals surface area (Å²) < 4.78 is 18.7. The average molecular weight is 408 g/mol. The molecule has 0 saturated heterocycles. The SMILES string of the molecule is CC1=CC(Nc2nc(C(O)c3ccc(F)cc3)nc3cc(OCCO)ccc23)=NC1. The molecule has 1 aliphatic rings. The first kappa shape index (κ1) is 19.9. The Morgan fingerprint density at radius 3 is 2.67 bits per heavy atom. The number of anilines is 1. The van der Waals surface area contributed by atoms with Gasteiger partial charge in [0, 0.05) is 11.5 Å². The Morgan fingerprint density at radius 2 is 1.97 bits per heavy atom. The van der Waals surface area contributed by atoms with E-state index in [4.69, 9.17) is 9.84 Å². The van der Waals surface area contributed by atoms with Gasteiger partial charge >= 0.3 is 0 Å². The summed E-state index contributed by atoms with van der Waals surface area (Å²) in [6, 6.07) is 10.8. The van der Waals surface area contributed by atoms with Gasteiger partial charge in [0.05, 0.1) is 18.7 Å². The topological polar surface area (TPSA) is 99.9 Å². The van der Waals surface area contributed by atoms with Gasteiger partial charge in [-0.15, -0.1) is 0 Å². The van der Waals surface area contributed by atoms with Crippen LogP contribution in [0.15, 0.2) is 59.1 Å². The molecule has 0 saturated carbocycles. The molecule has 0 amide bonds. The van der Waals surface area contributed by atoms with E-state index in [2.05, 4.69) is 20.3 Å². The van der Waals surface area contributed by atoms with E-state index in [-0.39, 0.29) is 24.9 Å². The number of benzene rings is 2. The van der Waals surface area contributed by atoms with Crippen LogP contribution >= 0.6 is 0 Å². The quantitative estimate of drug-likeness (QED) is 0.580. The standard InChI is InChI=1S/C22H21FN4O3/c1-13-10-19(24-12-13)26-21-17-7-6-16(30-9-8-28)11-18(17)25-22(27-21)20(29)14-2-4-15(23)5-3-14/h2-7,10-11,20,28-29H,8-9,12H2,1H3,(H,24,25,26,27). The van der Waals surface area contributed by atoms with Crippen LogP contribution in [0.3, 0.4) is 0 Å². The number of nitrogens with one attached hydrogen (secondary N) is 1. The number of nitrogens with zero attached hydrogens (tertiary/aromatic N) is 3. The van der Waals surface area contributed by atoms with Crippen molar-refractivity contribution in [3.05, 3.63) is 71.3 Å². The molecular formula is C22H21FN4O3. The highest BCUT2D eigenvalue weighted by atomic mass is 19.1. The first-order valence-corrected chi connectivity index (χ1v) is 9.51. The number of ether oxygens (including phenoxy) is 1. The lowest BCUT2D eigenvalue weighted by Crippen LogP contribution is -2.13. The predicted octanol–water partition coefficient (Wildman–Crippen LogP) is 2.99. The Hall–Kier alpha value is -3.36. The summed E-state index contributed by atoms with van der Waals surface area (Å²) in [5, 5.41) is 23.7. The Balaban J connectivity index is 1.77. The molecule has 8 heteroatoms. The zero-order valence-corrected chi connectivity index (χ0v) is 16.3. The van der Waals surface area contributed by atoms with E-state index >= 15 is 0 Å². The third-order valence-corrected chi connectivity index (χ3v) is 4.60. The van der Waals surface area contributed by atoms with Crippen molar-refractivity contribution in [3.63, 3.8) is 0 Å². The fourth-order valence-electron chi connectivity index (χ4n) is 3.12. The summed E-state index contributed by atoms with van der Waals surface area (Å²) >= 11 is 0. The minimum Gasteiger partial charge on any atom is -0.491 e. The van der Waals surface area contributed by atoms with E-state index in [1.54, 1.807) is 12.1 Å². The van der Waals surface area contributed by atoms with Crippen LogP contribution in [0.2, 0.25) is 0 Å². The van der Waals surface area contributed by atoms with Gasteiger partial charge in [-0.05, 0) is 48.4 Å². The molecule has 154 valence electrons. The van der Waals surface area contributed by atoms with Crippen LogP contribution in [0, 0.1) is 5.82 Å². The Kier molecular flexibility index (Phi) is 5.69. The van der Waals surface area contributed by atoms with Gasteiger partial charge in [0.2, 0.25) is 0 Å². The smallest absolute Gasteiger partial charge is 0.164 e. The largest absolute Gasteiger partial charge is 0.491 e. The fraction of sp³-hybridized carbons (Fsp3) is 0.227. The molecule has 2 aromatic carbocycles. The maximum Gasteiger partial charge on any atom is 0.164 e.